The number of carboxylic acid groups (broad SMARTS) is 1. The largest absolute Gasteiger partial charge is 0.480 e. The van der Waals surface area contributed by atoms with Crippen molar-refractivity contribution in [3.63, 3.8) is 0 Å². The Labute approximate surface area is 121 Å². The normalized spacial score (nSPS) is 31.3. The Morgan fingerprint density at radius 1 is 1.19 bits per heavy atom. The summed E-state index contributed by atoms with van der Waals surface area (Å²) in [6, 6.07) is -1.36. The van der Waals surface area contributed by atoms with Crippen molar-refractivity contribution >= 4 is 21.8 Å². The van der Waals surface area contributed by atoms with Crippen molar-refractivity contribution in [2.24, 2.45) is 0 Å². The van der Waals surface area contributed by atoms with Gasteiger partial charge in [-0.3, -0.25) is 4.79 Å². The molecule has 10 heteroatoms. The highest BCUT2D eigenvalue weighted by molar-refractivity contribution is 7.91. The van der Waals surface area contributed by atoms with Crippen molar-refractivity contribution in [1.82, 2.24) is 9.80 Å². The second-order valence-corrected chi connectivity index (χ2v) is 7.63. The zero-order valence-electron chi connectivity index (χ0n) is 11.3. The van der Waals surface area contributed by atoms with Gasteiger partial charge in [-0.2, -0.15) is 0 Å². The minimum absolute atomic E-state index is 0.0771. The molecule has 9 nitrogen and oxygen atoms in total. The van der Waals surface area contributed by atoms with E-state index < -0.39 is 46.6 Å². The molecule has 2 aliphatic rings. The third-order valence-corrected chi connectivity index (χ3v) is 5.48. The molecule has 3 unspecified atom stereocenters. The van der Waals surface area contributed by atoms with Crippen LogP contribution in [0, 0.1) is 0 Å². The van der Waals surface area contributed by atoms with Crippen LogP contribution in [0.2, 0.25) is 0 Å². The van der Waals surface area contributed by atoms with Gasteiger partial charge in [0.15, 0.2) is 9.84 Å². The molecule has 0 spiro atoms. The summed E-state index contributed by atoms with van der Waals surface area (Å²) < 4.78 is 23.0. The van der Waals surface area contributed by atoms with Crippen molar-refractivity contribution in [1.29, 1.82) is 0 Å². The number of aliphatic hydroxyl groups excluding tert-OH is 2. The molecule has 0 aromatic carbocycles. The number of nitrogens with zero attached hydrogens (tertiary/aromatic N) is 2. The summed E-state index contributed by atoms with van der Waals surface area (Å²) in [5.41, 5.74) is 0. The minimum Gasteiger partial charge on any atom is -0.480 e. The molecule has 120 valence electrons. The van der Waals surface area contributed by atoms with Crippen LogP contribution in [0.1, 0.15) is 6.42 Å². The highest BCUT2D eigenvalue weighted by atomic mass is 32.2. The van der Waals surface area contributed by atoms with Crippen molar-refractivity contribution in [2.75, 3.05) is 31.1 Å². The first-order chi connectivity index (χ1) is 9.69. The van der Waals surface area contributed by atoms with E-state index >= 15 is 0 Å². The van der Waals surface area contributed by atoms with E-state index in [0.717, 1.165) is 9.80 Å². The number of β-amino-alcohol motifs (C(OH)–C–C–N with tert-alkyl or cyclic N) is 2. The van der Waals surface area contributed by atoms with E-state index in [1.54, 1.807) is 0 Å². The highest BCUT2D eigenvalue weighted by Gasteiger charge is 2.40. The number of amides is 2. The van der Waals surface area contributed by atoms with Crippen molar-refractivity contribution in [3.05, 3.63) is 0 Å². The Balaban J connectivity index is 2.13. The zero-order chi connectivity index (χ0) is 15.8. The van der Waals surface area contributed by atoms with Crippen LogP contribution in [0.4, 0.5) is 4.79 Å². The summed E-state index contributed by atoms with van der Waals surface area (Å²) in [4.78, 5) is 25.4. The first kappa shape index (κ1) is 16.0. The van der Waals surface area contributed by atoms with Crippen LogP contribution in [-0.2, 0) is 14.6 Å². The number of carbonyl (C=O) groups is 2. The molecule has 2 fully saturated rings. The average Bonchev–Trinajstić information content (AvgIpc) is 2.89. The number of hydrogen-bond donors (Lipinski definition) is 3. The van der Waals surface area contributed by atoms with Gasteiger partial charge in [0, 0.05) is 6.04 Å². The summed E-state index contributed by atoms with van der Waals surface area (Å²) in [6.45, 7) is -0.813. The molecule has 0 saturated carbocycles. The molecule has 0 aromatic rings. The van der Waals surface area contributed by atoms with Crippen LogP contribution in [-0.4, -0.2) is 94.9 Å². The number of urea groups is 1. The number of carbonyl (C=O) groups excluding carboxylic acids is 1. The van der Waals surface area contributed by atoms with Crippen LogP contribution in [0.25, 0.3) is 0 Å². The van der Waals surface area contributed by atoms with Gasteiger partial charge < -0.3 is 25.1 Å². The lowest BCUT2D eigenvalue weighted by Crippen LogP contribution is -2.50. The predicted octanol–water partition coefficient (Wildman–Crippen LogP) is -2.28. The van der Waals surface area contributed by atoms with Gasteiger partial charge in [0.25, 0.3) is 0 Å². The SMILES string of the molecule is O=C(O)CN(C(=O)N1CC(O)C(O)C1)C1CCS(=O)(=O)C1. The van der Waals surface area contributed by atoms with Gasteiger partial charge in [-0.1, -0.05) is 0 Å². The third-order valence-electron chi connectivity index (χ3n) is 3.73. The van der Waals surface area contributed by atoms with Crippen LogP contribution < -0.4 is 0 Å². The highest BCUT2D eigenvalue weighted by Crippen LogP contribution is 2.21. The Bertz CT molecular complexity index is 525. The molecule has 3 atom stereocenters. The molecule has 0 radical (unpaired) electrons. The number of aliphatic carboxylic acids is 1. The second kappa shape index (κ2) is 5.78. The number of rotatable bonds is 3. The smallest absolute Gasteiger partial charge is 0.323 e. The van der Waals surface area contributed by atoms with E-state index in [0.29, 0.717) is 0 Å². The lowest BCUT2D eigenvalue weighted by atomic mass is 10.2. The fourth-order valence-corrected chi connectivity index (χ4v) is 4.36. The van der Waals surface area contributed by atoms with E-state index in [1.807, 2.05) is 0 Å². The molecule has 3 N–H and O–H groups in total. The zero-order valence-corrected chi connectivity index (χ0v) is 12.1. The maximum absolute atomic E-state index is 12.3. The molecule has 2 heterocycles. The second-order valence-electron chi connectivity index (χ2n) is 5.40. The molecule has 21 heavy (non-hydrogen) atoms. The van der Waals surface area contributed by atoms with Gasteiger partial charge in [0.2, 0.25) is 0 Å². The summed E-state index contributed by atoms with van der Waals surface area (Å²) in [6.07, 6.45) is -1.96. The number of likely N-dealkylation sites (tertiary alicyclic amines) is 1. The van der Waals surface area contributed by atoms with Crippen molar-refractivity contribution in [2.45, 2.75) is 24.7 Å². The predicted molar refractivity (Wildman–Crippen MR) is 70.4 cm³/mol. The van der Waals surface area contributed by atoms with E-state index in [4.69, 9.17) is 5.11 Å². The summed E-state index contributed by atoms with van der Waals surface area (Å²) >= 11 is 0. The average molecular weight is 322 g/mol. The van der Waals surface area contributed by atoms with Crippen LogP contribution in [0.15, 0.2) is 0 Å². The minimum atomic E-state index is -3.26. The van der Waals surface area contributed by atoms with E-state index in [9.17, 15) is 28.2 Å². The maximum Gasteiger partial charge on any atom is 0.323 e. The number of sulfone groups is 1. The summed E-state index contributed by atoms with van der Waals surface area (Å²) in [5.74, 6) is -1.58. The van der Waals surface area contributed by atoms with Crippen LogP contribution >= 0.6 is 0 Å². The lowest BCUT2D eigenvalue weighted by Gasteiger charge is -2.30. The van der Waals surface area contributed by atoms with E-state index in [1.165, 1.54) is 0 Å². The quantitative estimate of drug-likeness (QED) is 0.532. The monoisotopic (exact) mass is 322 g/mol. The Hall–Kier alpha value is -1.39. The van der Waals surface area contributed by atoms with Gasteiger partial charge >= 0.3 is 12.0 Å². The van der Waals surface area contributed by atoms with E-state index in [-0.39, 0.29) is 31.0 Å². The molecule has 0 aliphatic carbocycles. The molecule has 2 rings (SSSR count). The Morgan fingerprint density at radius 3 is 2.19 bits per heavy atom. The lowest BCUT2D eigenvalue weighted by molar-refractivity contribution is -0.138. The number of carboxylic acids is 1. The van der Waals surface area contributed by atoms with Crippen LogP contribution in [0.5, 0.6) is 0 Å². The van der Waals surface area contributed by atoms with E-state index in [2.05, 4.69) is 0 Å². The maximum atomic E-state index is 12.3. The summed E-state index contributed by atoms with van der Waals surface area (Å²) in [7, 11) is -3.26. The Morgan fingerprint density at radius 2 is 1.76 bits per heavy atom. The molecule has 0 aromatic heterocycles. The van der Waals surface area contributed by atoms with Gasteiger partial charge in [-0.15, -0.1) is 0 Å². The topological polar surface area (TPSA) is 135 Å². The first-order valence-electron chi connectivity index (χ1n) is 6.53. The van der Waals surface area contributed by atoms with Crippen molar-refractivity contribution in [3.8, 4) is 0 Å². The molecule has 2 amide bonds. The number of hydrogen-bond acceptors (Lipinski definition) is 6. The molecular weight excluding hydrogens is 304 g/mol. The fourth-order valence-electron chi connectivity index (χ4n) is 2.63. The van der Waals surface area contributed by atoms with Gasteiger partial charge in [0.05, 0.1) is 36.8 Å². The number of aliphatic hydroxyl groups is 2. The standard InChI is InChI=1S/C11H18N2O7S/c14-8-3-12(4-9(8)15)11(18)13(5-10(16)17)7-1-2-21(19,20)6-7/h7-9,14-15H,1-6H2,(H,16,17). The molecule has 0 bridgehead atoms. The van der Waals surface area contributed by atoms with Gasteiger partial charge in [0.1, 0.15) is 6.54 Å². The third kappa shape index (κ3) is 3.63. The fraction of sp³-hybridized carbons (Fsp3) is 0.818. The van der Waals surface area contributed by atoms with Crippen molar-refractivity contribution < 1.29 is 33.3 Å². The molecular formula is C11H18N2O7S. The Kier molecular flexibility index (Phi) is 4.40. The van der Waals surface area contributed by atoms with Gasteiger partial charge in [-0.25, -0.2) is 13.2 Å². The first-order valence-corrected chi connectivity index (χ1v) is 8.35. The summed E-state index contributed by atoms with van der Waals surface area (Å²) in [5, 5.41) is 27.8. The molecule has 2 saturated heterocycles. The van der Waals surface area contributed by atoms with Gasteiger partial charge in [-0.05, 0) is 6.42 Å². The molecule has 2 aliphatic heterocycles. The van der Waals surface area contributed by atoms with Crippen LogP contribution in [0.3, 0.4) is 0 Å².